The fourth-order valence-electron chi connectivity index (χ4n) is 3.48. The minimum Gasteiger partial charge on any atom is -0.341 e. The van der Waals surface area contributed by atoms with Crippen LogP contribution in [0.2, 0.25) is 0 Å². The lowest BCUT2D eigenvalue weighted by Gasteiger charge is -2.10. The number of carbonyl (C=O) groups is 1. The molecule has 0 bridgehead atoms. The van der Waals surface area contributed by atoms with E-state index in [1.54, 1.807) is 36.4 Å². The number of benzene rings is 2. The molecular formula is C24H17F3N4OS. The van der Waals surface area contributed by atoms with E-state index in [9.17, 15) is 18.0 Å². The zero-order chi connectivity index (χ0) is 23.2. The minimum atomic E-state index is -4.52. The van der Waals surface area contributed by atoms with Crippen LogP contribution in [0.1, 0.15) is 20.9 Å². The van der Waals surface area contributed by atoms with Crippen LogP contribution >= 0.6 is 11.3 Å². The molecule has 0 aliphatic rings. The van der Waals surface area contributed by atoms with E-state index >= 15 is 0 Å². The second kappa shape index (κ2) is 7.93. The molecule has 2 aromatic carbocycles. The number of carbonyl (C=O) groups excluding carboxylic acids is 1. The molecule has 2 N–H and O–H groups in total. The van der Waals surface area contributed by atoms with E-state index in [0.717, 1.165) is 21.8 Å². The number of hydrogen-bond acceptors (Lipinski definition) is 4. The number of fused-ring (bicyclic) bond motifs is 2. The molecule has 0 spiro atoms. The molecule has 0 aliphatic heterocycles. The van der Waals surface area contributed by atoms with Crippen molar-refractivity contribution in [3.63, 3.8) is 0 Å². The first kappa shape index (κ1) is 21.0. The van der Waals surface area contributed by atoms with Crippen molar-refractivity contribution in [3.05, 3.63) is 89.1 Å². The Morgan fingerprint density at radius 3 is 2.52 bits per heavy atom. The molecule has 5 nitrogen and oxygen atoms in total. The van der Waals surface area contributed by atoms with E-state index in [2.05, 4.69) is 21.7 Å². The van der Waals surface area contributed by atoms with Gasteiger partial charge in [-0.3, -0.25) is 9.20 Å². The number of pyridine rings is 1. The Morgan fingerprint density at radius 2 is 1.76 bits per heavy atom. The fourth-order valence-corrected chi connectivity index (χ4v) is 4.53. The van der Waals surface area contributed by atoms with Crippen LogP contribution in [0.5, 0.6) is 0 Å². The van der Waals surface area contributed by atoms with Crippen molar-refractivity contribution in [2.75, 3.05) is 10.6 Å². The standard InChI is InChI=1S/C24H17F3N4OS/c1-14-5-6-15-12-19(33-18(15)11-14)23(32)29-17-9-7-16(8-10-17)28-21-3-2-4-22-30-20(13-31(21)22)24(25,26)27/h2-13,28H,1H3,(H,29,32). The highest BCUT2D eigenvalue weighted by atomic mass is 32.1. The maximum Gasteiger partial charge on any atom is 0.434 e. The summed E-state index contributed by atoms with van der Waals surface area (Å²) >= 11 is 1.44. The van der Waals surface area contributed by atoms with Crippen LogP contribution in [0.25, 0.3) is 15.7 Å². The van der Waals surface area contributed by atoms with Crippen molar-refractivity contribution < 1.29 is 18.0 Å². The van der Waals surface area contributed by atoms with Crippen LogP contribution in [0.3, 0.4) is 0 Å². The monoisotopic (exact) mass is 466 g/mol. The van der Waals surface area contributed by atoms with Gasteiger partial charge in [0.15, 0.2) is 5.69 Å². The number of halogens is 3. The Morgan fingerprint density at radius 1 is 1.00 bits per heavy atom. The van der Waals surface area contributed by atoms with Crippen LogP contribution in [0, 0.1) is 6.92 Å². The van der Waals surface area contributed by atoms with Crippen LogP contribution in [0.15, 0.2) is 72.9 Å². The molecule has 5 rings (SSSR count). The lowest BCUT2D eigenvalue weighted by Crippen LogP contribution is -2.09. The van der Waals surface area contributed by atoms with Crippen LogP contribution in [0.4, 0.5) is 30.4 Å². The van der Waals surface area contributed by atoms with Gasteiger partial charge in [0, 0.05) is 22.3 Å². The van der Waals surface area contributed by atoms with Crippen molar-refractivity contribution in [1.82, 2.24) is 9.38 Å². The van der Waals surface area contributed by atoms with Gasteiger partial charge in [0.1, 0.15) is 11.5 Å². The predicted molar refractivity (Wildman–Crippen MR) is 124 cm³/mol. The molecule has 5 aromatic rings. The number of hydrogen-bond donors (Lipinski definition) is 2. The summed E-state index contributed by atoms with van der Waals surface area (Å²) in [7, 11) is 0. The number of imidazole rings is 1. The third kappa shape index (κ3) is 4.27. The van der Waals surface area contributed by atoms with Gasteiger partial charge in [-0.05, 0) is 66.4 Å². The first-order valence-electron chi connectivity index (χ1n) is 10.0. The molecule has 3 aromatic heterocycles. The summed E-state index contributed by atoms with van der Waals surface area (Å²) in [6.45, 7) is 2.01. The van der Waals surface area contributed by atoms with Gasteiger partial charge < -0.3 is 10.6 Å². The summed E-state index contributed by atoms with van der Waals surface area (Å²) in [6, 6.07) is 19.7. The fraction of sp³-hybridized carbons (Fsp3) is 0.0833. The van der Waals surface area contributed by atoms with Crippen molar-refractivity contribution >= 4 is 50.2 Å². The molecule has 33 heavy (non-hydrogen) atoms. The summed E-state index contributed by atoms with van der Waals surface area (Å²) in [6.07, 6.45) is -3.56. The molecule has 0 fully saturated rings. The Hall–Kier alpha value is -3.85. The number of alkyl halides is 3. The third-order valence-electron chi connectivity index (χ3n) is 5.10. The number of nitrogens with one attached hydrogen (secondary N) is 2. The first-order chi connectivity index (χ1) is 15.8. The van der Waals surface area contributed by atoms with Gasteiger partial charge in [0.25, 0.3) is 5.91 Å². The van der Waals surface area contributed by atoms with E-state index < -0.39 is 11.9 Å². The average molecular weight is 466 g/mol. The van der Waals surface area contributed by atoms with Crippen molar-refractivity contribution in [3.8, 4) is 0 Å². The molecule has 166 valence electrons. The van der Waals surface area contributed by atoms with Crippen molar-refractivity contribution in [2.45, 2.75) is 13.1 Å². The molecule has 0 atom stereocenters. The molecule has 0 aliphatic carbocycles. The number of aryl methyl sites for hydroxylation is 1. The summed E-state index contributed by atoms with van der Waals surface area (Å²) < 4.78 is 41.4. The van der Waals surface area contributed by atoms with Crippen molar-refractivity contribution in [1.29, 1.82) is 0 Å². The molecular weight excluding hydrogens is 449 g/mol. The smallest absolute Gasteiger partial charge is 0.341 e. The number of aromatic nitrogens is 2. The zero-order valence-electron chi connectivity index (χ0n) is 17.3. The van der Waals surface area contributed by atoms with E-state index in [1.165, 1.54) is 21.8 Å². The molecule has 0 saturated heterocycles. The Bertz CT molecular complexity index is 1490. The highest BCUT2D eigenvalue weighted by Crippen LogP contribution is 2.30. The summed E-state index contributed by atoms with van der Waals surface area (Å²) in [5.41, 5.74) is 1.64. The Labute approximate surface area is 190 Å². The lowest BCUT2D eigenvalue weighted by atomic mass is 10.2. The molecule has 9 heteroatoms. The minimum absolute atomic E-state index is 0.190. The van der Waals surface area contributed by atoms with Gasteiger partial charge in [-0.15, -0.1) is 11.3 Å². The second-order valence-electron chi connectivity index (χ2n) is 7.57. The maximum atomic E-state index is 13.0. The average Bonchev–Trinajstić information content (AvgIpc) is 3.39. The van der Waals surface area contributed by atoms with E-state index in [1.807, 2.05) is 25.1 Å². The number of anilines is 3. The highest BCUT2D eigenvalue weighted by molar-refractivity contribution is 7.20. The molecule has 0 radical (unpaired) electrons. The topological polar surface area (TPSA) is 58.4 Å². The highest BCUT2D eigenvalue weighted by Gasteiger charge is 2.34. The molecule has 1 amide bonds. The van der Waals surface area contributed by atoms with Crippen LogP contribution < -0.4 is 10.6 Å². The van der Waals surface area contributed by atoms with Gasteiger partial charge in [-0.1, -0.05) is 18.2 Å². The summed E-state index contributed by atoms with van der Waals surface area (Å²) in [4.78, 5) is 16.9. The number of nitrogens with zero attached hydrogens (tertiary/aromatic N) is 2. The normalized spacial score (nSPS) is 11.8. The maximum absolute atomic E-state index is 13.0. The van der Waals surface area contributed by atoms with Crippen LogP contribution in [-0.4, -0.2) is 15.3 Å². The van der Waals surface area contributed by atoms with E-state index in [-0.39, 0.29) is 11.6 Å². The molecule has 0 saturated carbocycles. The largest absolute Gasteiger partial charge is 0.434 e. The SMILES string of the molecule is Cc1ccc2cc(C(=O)Nc3ccc(Nc4cccc5nc(C(F)(F)F)cn45)cc3)sc2c1. The van der Waals surface area contributed by atoms with Crippen molar-refractivity contribution in [2.24, 2.45) is 0 Å². The second-order valence-corrected chi connectivity index (χ2v) is 8.66. The lowest BCUT2D eigenvalue weighted by molar-refractivity contribution is -0.140. The van der Waals surface area contributed by atoms with E-state index in [4.69, 9.17) is 0 Å². The van der Waals surface area contributed by atoms with Gasteiger partial charge in [0.2, 0.25) is 0 Å². The Balaban J connectivity index is 1.32. The zero-order valence-corrected chi connectivity index (χ0v) is 18.1. The van der Waals surface area contributed by atoms with Gasteiger partial charge in [-0.2, -0.15) is 13.2 Å². The summed E-state index contributed by atoms with van der Waals surface area (Å²) in [5.74, 6) is 0.241. The summed E-state index contributed by atoms with van der Waals surface area (Å²) in [5, 5.41) is 7.00. The van der Waals surface area contributed by atoms with Gasteiger partial charge in [0.05, 0.1) is 4.88 Å². The Kier molecular flexibility index (Phi) is 5.05. The van der Waals surface area contributed by atoms with Gasteiger partial charge in [-0.25, -0.2) is 4.98 Å². The number of thiophene rings is 1. The quantitative estimate of drug-likeness (QED) is 0.304. The molecule has 0 unspecified atom stereocenters. The number of rotatable bonds is 4. The predicted octanol–water partition coefficient (Wildman–Crippen LogP) is 6.87. The third-order valence-corrected chi connectivity index (χ3v) is 6.19. The van der Waals surface area contributed by atoms with Crippen LogP contribution in [-0.2, 0) is 6.18 Å². The van der Waals surface area contributed by atoms with E-state index in [0.29, 0.717) is 22.1 Å². The van der Waals surface area contributed by atoms with Gasteiger partial charge >= 0.3 is 6.18 Å². The number of amides is 1. The first-order valence-corrected chi connectivity index (χ1v) is 10.8. The molecule has 3 heterocycles.